The Kier molecular flexibility index (Phi) is 2.53. The van der Waals surface area contributed by atoms with Crippen LogP contribution in [-0.4, -0.2) is 29.3 Å². The maximum absolute atomic E-state index is 9.65. The van der Waals surface area contributed by atoms with E-state index in [0.29, 0.717) is 0 Å². The van der Waals surface area contributed by atoms with Crippen LogP contribution >= 0.6 is 11.3 Å². The van der Waals surface area contributed by atoms with E-state index in [1.165, 1.54) is 4.70 Å². The molecule has 0 saturated carbocycles. The minimum atomic E-state index is -0.194. The van der Waals surface area contributed by atoms with Gasteiger partial charge in [0.15, 0.2) is 5.13 Å². The van der Waals surface area contributed by atoms with Gasteiger partial charge in [0.2, 0.25) is 0 Å². The van der Waals surface area contributed by atoms with Gasteiger partial charge in [-0.25, -0.2) is 4.98 Å². The lowest BCUT2D eigenvalue weighted by Crippen LogP contribution is -2.38. The number of anilines is 1. The largest absolute Gasteiger partial charge is 0.391 e. The van der Waals surface area contributed by atoms with E-state index in [4.69, 9.17) is 0 Å². The fourth-order valence-corrected chi connectivity index (χ4v) is 3.12. The summed E-state index contributed by atoms with van der Waals surface area (Å²) in [5, 5.41) is 10.7. The minimum Gasteiger partial charge on any atom is -0.391 e. The van der Waals surface area contributed by atoms with Crippen molar-refractivity contribution in [2.45, 2.75) is 18.9 Å². The molecule has 2 aromatic rings. The predicted octanol–water partition coefficient (Wildman–Crippen LogP) is 2.26. The fourth-order valence-electron chi connectivity index (χ4n) is 2.12. The first-order valence-electron chi connectivity index (χ1n) is 5.61. The van der Waals surface area contributed by atoms with E-state index in [1.807, 2.05) is 18.2 Å². The lowest BCUT2D eigenvalue weighted by atomic mass is 10.1. The number of aliphatic hydroxyl groups excluding tert-OH is 1. The maximum atomic E-state index is 9.65. The zero-order chi connectivity index (χ0) is 11.0. The Labute approximate surface area is 98.3 Å². The molecule has 0 spiro atoms. The highest BCUT2D eigenvalue weighted by atomic mass is 32.1. The Hall–Kier alpha value is -1.13. The van der Waals surface area contributed by atoms with Crippen molar-refractivity contribution in [3.8, 4) is 0 Å². The molecule has 1 aromatic carbocycles. The Morgan fingerprint density at radius 1 is 1.38 bits per heavy atom. The molecule has 0 bridgehead atoms. The van der Waals surface area contributed by atoms with Crippen molar-refractivity contribution >= 4 is 26.7 Å². The molecule has 1 aliphatic rings. The van der Waals surface area contributed by atoms with Crippen LogP contribution in [0.4, 0.5) is 5.13 Å². The zero-order valence-corrected chi connectivity index (χ0v) is 9.78. The Morgan fingerprint density at radius 3 is 3.06 bits per heavy atom. The summed E-state index contributed by atoms with van der Waals surface area (Å²) in [5.74, 6) is 0. The van der Waals surface area contributed by atoms with Crippen LogP contribution in [0.15, 0.2) is 24.3 Å². The second kappa shape index (κ2) is 4.03. The van der Waals surface area contributed by atoms with Crippen molar-refractivity contribution in [1.82, 2.24) is 4.98 Å². The van der Waals surface area contributed by atoms with Gasteiger partial charge < -0.3 is 10.0 Å². The van der Waals surface area contributed by atoms with Crippen LogP contribution in [0.2, 0.25) is 0 Å². The molecule has 3 rings (SSSR count). The molecule has 1 aliphatic heterocycles. The first kappa shape index (κ1) is 10.1. The van der Waals surface area contributed by atoms with E-state index >= 15 is 0 Å². The predicted molar refractivity (Wildman–Crippen MR) is 67.1 cm³/mol. The van der Waals surface area contributed by atoms with Crippen molar-refractivity contribution in [2.24, 2.45) is 0 Å². The van der Waals surface area contributed by atoms with Gasteiger partial charge in [-0.2, -0.15) is 0 Å². The summed E-state index contributed by atoms with van der Waals surface area (Å²) in [7, 11) is 0. The van der Waals surface area contributed by atoms with E-state index in [0.717, 1.165) is 36.6 Å². The molecule has 4 heteroatoms. The SMILES string of the molecule is OC1CCCN(c2nc3ccccc3s2)C1. The number of rotatable bonds is 1. The molecule has 3 nitrogen and oxygen atoms in total. The topological polar surface area (TPSA) is 36.4 Å². The van der Waals surface area contributed by atoms with Gasteiger partial charge in [0.25, 0.3) is 0 Å². The van der Waals surface area contributed by atoms with Gasteiger partial charge in [0.05, 0.1) is 16.3 Å². The molecular formula is C12H14N2OS. The first-order valence-corrected chi connectivity index (χ1v) is 6.43. The Balaban J connectivity index is 1.93. The monoisotopic (exact) mass is 234 g/mol. The molecule has 2 heterocycles. The van der Waals surface area contributed by atoms with Crippen LogP contribution in [0.3, 0.4) is 0 Å². The van der Waals surface area contributed by atoms with Crippen LogP contribution in [0, 0.1) is 0 Å². The summed E-state index contributed by atoms with van der Waals surface area (Å²) in [4.78, 5) is 6.80. The number of thiazole rings is 1. The van der Waals surface area contributed by atoms with E-state index in [9.17, 15) is 5.11 Å². The number of fused-ring (bicyclic) bond motifs is 1. The van der Waals surface area contributed by atoms with Gasteiger partial charge in [-0.05, 0) is 25.0 Å². The highest BCUT2D eigenvalue weighted by molar-refractivity contribution is 7.22. The van der Waals surface area contributed by atoms with Gasteiger partial charge in [-0.1, -0.05) is 23.5 Å². The number of para-hydroxylation sites is 1. The number of hydrogen-bond donors (Lipinski definition) is 1. The number of aromatic nitrogens is 1. The molecule has 1 atom stereocenters. The second-order valence-corrected chi connectivity index (χ2v) is 5.22. The fraction of sp³-hybridized carbons (Fsp3) is 0.417. The van der Waals surface area contributed by atoms with Crippen LogP contribution < -0.4 is 4.90 Å². The van der Waals surface area contributed by atoms with E-state index in [2.05, 4.69) is 16.0 Å². The van der Waals surface area contributed by atoms with Crippen molar-refractivity contribution in [3.63, 3.8) is 0 Å². The average molecular weight is 234 g/mol. The number of β-amino-alcohol motifs (C(OH)–C–C–N with tert-alkyl or cyclic N) is 1. The van der Waals surface area contributed by atoms with Crippen LogP contribution in [0.25, 0.3) is 10.2 Å². The van der Waals surface area contributed by atoms with E-state index in [-0.39, 0.29) is 6.10 Å². The van der Waals surface area contributed by atoms with Crippen molar-refractivity contribution in [3.05, 3.63) is 24.3 Å². The highest BCUT2D eigenvalue weighted by Crippen LogP contribution is 2.30. The minimum absolute atomic E-state index is 0.194. The summed E-state index contributed by atoms with van der Waals surface area (Å²) in [6.07, 6.45) is 1.78. The zero-order valence-electron chi connectivity index (χ0n) is 8.97. The van der Waals surface area contributed by atoms with Crippen LogP contribution in [0.5, 0.6) is 0 Å². The quantitative estimate of drug-likeness (QED) is 0.822. The third-order valence-corrected chi connectivity index (χ3v) is 4.05. The van der Waals surface area contributed by atoms with Gasteiger partial charge >= 0.3 is 0 Å². The lowest BCUT2D eigenvalue weighted by molar-refractivity contribution is 0.154. The smallest absolute Gasteiger partial charge is 0.186 e. The molecule has 1 aromatic heterocycles. The number of aliphatic hydroxyl groups is 1. The third-order valence-electron chi connectivity index (χ3n) is 2.95. The molecule has 84 valence electrons. The molecule has 0 radical (unpaired) electrons. The molecule has 0 aliphatic carbocycles. The maximum Gasteiger partial charge on any atom is 0.186 e. The second-order valence-electron chi connectivity index (χ2n) is 4.21. The lowest BCUT2D eigenvalue weighted by Gasteiger charge is -2.29. The van der Waals surface area contributed by atoms with Crippen LogP contribution in [0.1, 0.15) is 12.8 Å². The highest BCUT2D eigenvalue weighted by Gasteiger charge is 2.20. The number of benzene rings is 1. The van der Waals surface area contributed by atoms with E-state index in [1.54, 1.807) is 11.3 Å². The van der Waals surface area contributed by atoms with Gasteiger partial charge in [0, 0.05) is 13.1 Å². The summed E-state index contributed by atoms with van der Waals surface area (Å²) in [6, 6.07) is 8.18. The van der Waals surface area contributed by atoms with Crippen molar-refractivity contribution in [2.75, 3.05) is 18.0 Å². The van der Waals surface area contributed by atoms with Gasteiger partial charge in [-0.15, -0.1) is 0 Å². The number of nitrogens with zero attached hydrogens (tertiary/aromatic N) is 2. The molecular weight excluding hydrogens is 220 g/mol. The summed E-state index contributed by atoms with van der Waals surface area (Å²) in [6.45, 7) is 1.73. The molecule has 1 N–H and O–H groups in total. The first-order chi connectivity index (χ1) is 7.83. The summed E-state index contributed by atoms with van der Waals surface area (Å²) >= 11 is 1.71. The van der Waals surface area contributed by atoms with E-state index < -0.39 is 0 Å². The average Bonchev–Trinajstić information content (AvgIpc) is 2.72. The Morgan fingerprint density at radius 2 is 2.25 bits per heavy atom. The summed E-state index contributed by atoms with van der Waals surface area (Å²) < 4.78 is 1.22. The van der Waals surface area contributed by atoms with Gasteiger partial charge in [-0.3, -0.25) is 0 Å². The standard InChI is InChI=1S/C12H14N2OS/c15-9-4-3-7-14(8-9)12-13-10-5-1-2-6-11(10)16-12/h1-2,5-6,9,15H,3-4,7-8H2. The van der Waals surface area contributed by atoms with Crippen molar-refractivity contribution in [1.29, 1.82) is 0 Å². The molecule has 1 fully saturated rings. The normalized spacial score (nSPS) is 21.6. The Bertz CT molecular complexity index is 463. The van der Waals surface area contributed by atoms with Crippen LogP contribution in [-0.2, 0) is 0 Å². The van der Waals surface area contributed by atoms with Gasteiger partial charge in [0.1, 0.15) is 0 Å². The molecule has 0 amide bonds. The summed E-state index contributed by atoms with van der Waals surface area (Å²) in [5.41, 5.74) is 1.06. The number of piperidine rings is 1. The molecule has 16 heavy (non-hydrogen) atoms. The van der Waals surface area contributed by atoms with Crippen molar-refractivity contribution < 1.29 is 5.11 Å². The number of hydrogen-bond acceptors (Lipinski definition) is 4. The molecule has 1 saturated heterocycles. The molecule has 1 unspecified atom stereocenters. The third kappa shape index (κ3) is 1.79.